The molecule has 0 bridgehead atoms. The Labute approximate surface area is 147 Å². The Morgan fingerprint density at radius 2 is 2.12 bits per heavy atom. The fraction of sp³-hybridized carbons (Fsp3) is 0.133. The average Bonchev–Trinajstić information content (AvgIpc) is 2.99. The van der Waals surface area contributed by atoms with E-state index in [9.17, 15) is 14.8 Å². The highest BCUT2D eigenvalue weighted by Gasteiger charge is 2.14. The first-order chi connectivity index (χ1) is 11.6. The van der Waals surface area contributed by atoms with Crippen molar-refractivity contribution in [1.82, 2.24) is 15.5 Å². The number of benzene rings is 1. The molecule has 0 aliphatic rings. The molecule has 0 saturated heterocycles. The third-order valence-electron chi connectivity index (χ3n) is 3.17. The summed E-state index contributed by atoms with van der Waals surface area (Å²) in [5, 5.41) is 17.3. The summed E-state index contributed by atoms with van der Waals surface area (Å²) in [6.07, 6.45) is 3.01. The van der Waals surface area contributed by atoms with Gasteiger partial charge in [-0.1, -0.05) is 0 Å². The number of hydrogen-bond acceptors (Lipinski definition) is 7. The van der Waals surface area contributed by atoms with E-state index in [1.165, 1.54) is 24.4 Å². The standard InChI is InChI=1S/C15H12N4O5.ClH/c20-14(11-2-1-5-16-9-11)17-6-7-23-15(21)10-3-4-13-12(8-10)18-24-19(13)22;/h1-5,8-9H,6-7H2,(H,17,20);1H. The molecule has 1 amide bonds. The van der Waals surface area contributed by atoms with Gasteiger partial charge in [0.15, 0.2) is 0 Å². The van der Waals surface area contributed by atoms with Crippen molar-refractivity contribution < 1.29 is 23.9 Å². The van der Waals surface area contributed by atoms with Crippen molar-refractivity contribution in [3.8, 4) is 0 Å². The van der Waals surface area contributed by atoms with Gasteiger partial charge in [-0.25, -0.2) is 4.79 Å². The number of carbonyl (C=O) groups is 2. The van der Waals surface area contributed by atoms with Crippen LogP contribution >= 0.6 is 12.4 Å². The quantitative estimate of drug-likeness (QED) is 0.405. The molecule has 1 aromatic carbocycles. The number of ether oxygens (including phenoxy) is 1. The molecule has 0 fully saturated rings. The minimum atomic E-state index is -0.590. The molecule has 0 aliphatic carbocycles. The highest BCUT2D eigenvalue weighted by molar-refractivity contribution is 5.94. The molecule has 0 saturated carbocycles. The van der Waals surface area contributed by atoms with Crippen LogP contribution in [0, 0.1) is 5.21 Å². The molecule has 0 aliphatic heterocycles. The van der Waals surface area contributed by atoms with Crippen molar-refractivity contribution in [3.05, 3.63) is 59.1 Å². The lowest BCUT2D eigenvalue weighted by Gasteiger charge is -2.06. The number of esters is 1. The van der Waals surface area contributed by atoms with E-state index >= 15 is 0 Å². The largest absolute Gasteiger partial charge is 0.460 e. The molecule has 0 radical (unpaired) electrons. The fourth-order valence-electron chi connectivity index (χ4n) is 1.99. The number of aromatic nitrogens is 3. The number of rotatable bonds is 5. The summed E-state index contributed by atoms with van der Waals surface area (Å²) in [6, 6.07) is 7.53. The zero-order valence-corrected chi connectivity index (χ0v) is 13.6. The number of nitrogens with one attached hydrogen (secondary N) is 1. The van der Waals surface area contributed by atoms with Crippen LogP contribution in [0.5, 0.6) is 0 Å². The zero-order chi connectivity index (χ0) is 16.9. The van der Waals surface area contributed by atoms with Gasteiger partial charge in [-0.15, -0.1) is 12.4 Å². The number of fused-ring (bicyclic) bond motifs is 1. The van der Waals surface area contributed by atoms with Crippen molar-refractivity contribution >= 4 is 35.3 Å². The summed E-state index contributed by atoms with van der Waals surface area (Å²) >= 11 is 0. The van der Waals surface area contributed by atoms with Gasteiger partial charge in [-0.3, -0.25) is 14.4 Å². The number of hydrogen-bond donors (Lipinski definition) is 1. The first-order valence-corrected chi connectivity index (χ1v) is 7.00. The van der Waals surface area contributed by atoms with Crippen molar-refractivity contribution in [2.24, 2.45) is 0 Å². The number of carbonyl (C=O) groups excluding carboxylic acids is 2. The van der Waals surface area contributed by atoms with Crippen LogP contribution < -0.4 is 10.2 Å². The number of pyridine rings is 1. The molecule has 0 spiro atoms. The molecular formula is C15H13ClN4O5. The summed E-state index contributed by atoms with van der Waals surface area (Å²) in [6.45, 7) is 0.162. The second-order valence-corrected chi connectivity index (χ2v) is 4.77. The van der Waals surface area contributed by atoms with Gasteiger partial charge in [-0.05, 0) is 29.2 Å². The Hall–Kier alpha value is -3.20. The van der Waals surface area contributed by atoms with E-state index in [1.807, 2.05) is 0 Å². The summed E-state index contributed by atoms with van der Waals surface area (Å²) in [5.41, 5.74) is 1.13. The van der Waals surface area contributed by atoms with Gasteiger partial charge in [-0.2, -0.15) is 0 Å². The molecular weight excluding hydrogens is 352 g/mol. The fourth-order valence-corrected chi connectivity index (χ4v) is 1.99. The molecule has 3 rings (SSSR count). The Morgan fingerprint density at radius 1 is 1.28 bits per heavy atom. The highest BCUT2D eigenvalue weighted by Crippen LogP contribution is 2.11. The second-order valence-electron chi connectivity index (χ2n) is 4.77. The maximum atomic E-state index is 11.9. The molecule has 130 valence electrons. The molecule has 9 nitrogen and oxygen atoms in total. The highest BCUT2D eigenvalue weighted by atomic mass is 35.5. The average molecular weight is 365 g/mol. The van der Waals surface area contributed by atoms with Gasteiger partial charge >= 0.3 is 5.97 Å². The van der Waals surface area contributed by atoms with Gasteiger partial charge in [0.2, 0.25) is 11.0 Å². The van der Waals surface area contributed by atoms with E-state index in [1.54, 1.807) is 18.3 Å². The Kier molecular flexibility index (Phi) is 5.85. The predicted octanol–water partition coefficient (Wildman–Crippen LogP) is 0.865. The summed E-state index contributed by atoms with van der Waals surface area (Å²) < 4.78 is 9.48. The van der Waals surface area contributed by atoms with Crippen LogP contribution in [-0.4, -0.2) is 35.2 Å². The van der Waals surface area contributed by atoms with Crippen molar-refractivity contribution in [3.63, 3.8) is 0 Å². The van der Waals surface area contributed by atoms with Crippen LogP contribution in [-0.2, 0) is 4.74 Å². The first kappa shape index (κ1) is 18.1. The molecule has 3 aromatic rings. The summed E-state index contributed by atoms with van der Waals surface area (Å²) in [7, 11) is 0. The predicted molar refractivity (Wildman–Crippen MR) is 87.1 cm³/mol. The third kappa shape index (κ3) is 4.21. The van der Waals surface area contributed by atoms with Gasteiger partial charge in [0, 0.05) is 23.6 Å². The number of amides is 1. The van der Waals surface area contributed by atoms with Crippen molar-refractivity contribution in [2.45, 2.75) is 0 Å². The van der Waals surface area contributed by atoms with E-state index in [0.717, 1.165) is 0 Å². The molecule has 2 heterocycles. The number of nitrogens with zero attached hydrogens (tertiary/aromatic N) is 3. The van der Waals surface area contributed by atoms with Crippen LogP contribution in [0.25, 0.3) is 11.0 Å². The van der Waals surface area contributed by atoms with Crippen LogP contribution in [0.4, 0.5) is 0 Å². The van der Waals surface area contributed by atoms with Crippen molar-refractivity contribution in [2.75, 3.05) is 13.2 Å². The molecule has 2 aromatic heterocycles. The van der Waals surface area contributed by atoms with Crippen LogP contribution in [0.2, 0.25) is 0 Å². The molecule has 0 unspecified atom stereocenters. The minimum absolute atomic E-state index is 0. The molecule has 0 atom stereocenters. The van der Waals surface area contributed by atoms with Crippen LogP contribution in [0.15, 0.2) is 47.4 Å². The van der Waals surface area contributed by atoms with Gasteiger partial charge in [0.05, 0.1) is 17.7 Å². The van der Waals surface area contributed by atoms with Gasteiger partial charge in [0.1, 0.15) is 6.61 Å². The van der Waals surface area contributed by atoms with E-state index in [0.29, 0.717) is 5.56 Å². The topological polar surface area (TPSA) is 121 Å². The third-order valence-corrected chi connectivity index (χ3v) is 3.17. The smallest absolute Gasteiger partial charge is 0.338 e. The zero-order valence-electron chi connectivity index (χ0n) is 12.7. The first-order valence-electron chi connectivity index (χ1n) is 7.00. The summed E-state index contributed by atoms with van der Waals surface area (Å²) in [5.74, 6) is -0.892. The van der Waals surface area contributed by atoms with E-state index in [4.69, 9.17) is 4.74 Å². The lowest BCUT2D eigenvalue weighted by Crippen LogP contribution is -2.28. The van der Waals surface area contributed by atoms with Crippen molar-refractivity contribution in [1.29, 1.82) is 0 Å². The monoisotopic (exact) mass is 364 g/mol. The maximum Gasteiger partial charge on any atom is 0.338 e. The normalized spacial score (nSPS) is 10.1. The second kappa shape index (κ2) is 8.06. The maximum absolute atomic E-state index is 11.9. The van der Waals surface area contributed by atoms with E-state index in [-0.39, 0.29) is 53.0 Å². The van der Waals surface area contributed by atoms with E-state index in [2.05, 4.69) is 20.1 Å². The van der Waals surface area contributed by atoms with Gasteiger partial charge in [0.25, 0.3) is 5.91 Å². The Balaban J connectivity index is 0.00000225. The van der Waals surface area contributed by atoms with E-state index < -0.39 is 5.97 Å². The molecule has 25 heavy (non-hydrogen) atoms. The Bertz CT molecular complexity index is 884. The lowest BCUT2D eigenvalue weighted by molar-refractivity contribution is -0.782. The molecule has 10 heteroatoms. The number of halogens is 1. The Morgan fingerprint density at radius 3 is 2.88 bits per heavy atom. The minimum Gasteiger partial charge on any atom is -0.460 e. The molecule has 1 N–H and O–H groups in total. The van der Waals surface area contributed by atoms with Gasteiger partial charge < -0.3 is 15.3 Å². The summed E-state index contributed by atoms with van der Waals surface area (Å²) in [4.78, 5) is 27.8. The van der Waals surface area contributed by atoms with Crippen LogP contribution in [0.1, 0.15) is 20.7 Å². The lowest BCUT2D eigenvalue weighted by atomic mass is 10.2. The van der Waals surface area contributed by atoms with Crippen LogP contribution in [0.3, 0.4) is 0 Å². The SMILES string of the molecule is Cl.O=C(NCCOC(=O)c1ccc2c(c1)no[n+]2[O-])c1cccnc1.